The highest BCUT2D eigenvalue weighted by Crippen LogP contribution is 2.38. The largest absolute Gasteiger partial charge is 0.325 e. The fraction of sp³-hybridized carbons (Fsp3) is 0.308. The van der Waals surface area contributed by atoms with Crippen LogP contribution in [0.1, 0.15) is 24.6 Å². The van der Waals surface area contributed by atoms with Crippen molar-refractivity contribution in [2.24, 2.45) is 0 Å². The maximum atomic E-state index is 6.01. The molecule has 3 nitrogen and oxygen atoms in total. The number of hydrogen-bond donors (Lipinski definition) is 1. The molecule has 5 heteroatoms. The van der Waals surface area contributed by atoms with Crippen molar-refractivity contribution >= 4 is 39.2 Å². The lowest BCUT2D eigenvalue weighted by atomic mass is 10.3. The third-order valence-corrected chi connectivity index (χ3v) is 3.89. The van der Waals surface area contributed by atoms with Crippen molar-refractivity contribution in [3.63, 3.8) is 0 Å². The first kappa shape index (κ1) is 12.1. The Bertz CT molecular complexity index is 590. The normalized spacial score (nSPS) is 14.8. The Morgan fingerprint density at radius 2 is 2.22 bits per heavy atom. The van der Waals surface area contributed by atoms with Crippen LogP contribution in [-0.2, 0) is 0 Å². The van der Waals surface area contributed by atoms with Crippen molar-refractivity contribution in [2.45, 2.75) is 25.8 Å². The topological polar surface area (TPSA) is 29.9 Å². The van der Waals surface area contributed by atoms with Gasteiger partial charge in [-0.05, 0) is 53.9 Å². The van der Waals surface area contributed by atoms with E-state index in [0.29, 0.717) is 11.1 Å². The minimum Gasteiger partial charge on any atom is -0.325 e. The van der Waals surface area contributed by atoms with Gasteiger partial charge in [0.15, 0.2) is 0 Å². The number of nitrogens with one attached hydrogen (secondary N) is 1. The summed E-state index contributed by atoms with van der Waals surface area (Å²) in [6.45, 7) is 2.01. The molecule has 3 rings (SSSR count). The van der Waals surface area contributed by atoms with E-state index in [1.165, 1.54) is 12.8 Å². The number of aromatic nitrogens is 2. The first-order valence-electron chi connectivity index (χ1n) is 5.91. The number of rotatable bonds is 3. The minimum absolute atomic E-state index is 0.603. The molecule has 0 bridgehead atoms. The molecule has 2 aromatic rings. The SMILES string of the molecule is Cc1cn(C2CC2)c(Nc2cc(Cl)ccc2Br)n1. The van der Waals surface area contributed by atoms with E-state index in [9.17, 15) is 0 Å². The van der Waals surface area contributed by atoms with Gasteiger partial charge in [-0.1, -0.05) is 11.6 Å². The highest BCUT2D eigenvalue weighted by Gasteiger charge is 2.26. The second-order valence-corrected chi connectivity index (χ2v) is 5.88. The maximum absolute atomic E-state index is 6.01. The molecule has 0 atom stereocenters. The van der Waals surface area contributed by atoms with E-state index in [1.54, 1.807) is 0 Å². The maximum Gasteiger partial charge on any atom is 0.207 e. The number of anilines is 2. The molecule has 1 N–H and O–H groups in total. The summed E-state index contributed by atoms with van der Waals surface area (Å²) in [7, 11) is 0. The van der Waals surface area contributed by atoms with Gasteiger partial charge in [0.1, 0.15) is 0 Å². The molecule has 1 aliphatic rings. The van der Waals surface area contributed by atoms with Gasteiger partial charge in [0.25, 0.3) is 0 Å². The summed E-state index contributed by atoms with van der Waals surface area (Å²) in [5, 5.41) is 4.05. The Labute approximate surface area is 119 Å². The molecule has 0 amide bonds. The molecule has 18 heavy (non-hydrogen) atoms. The van der Waals surface area contributed by atoms with Crippen LogP contribution in [0.2, 0.25) is 5.02 Å². The van der Waals surface area contributed by atoms with Crippen LogP contribution in [-0.4, -0.2) is 9.55 Å². The minimum atomic E-state index is 0.603. The van der Waals surface area contributed by atoms with Crippen LogP contribution in [0.4, 0.5) is 11.6 Å². The molecule has 0 spiro atoms. The van der Waals surface area contributed by atoms with Gasteiger partial charge in [-0.15, -0.1) is 0 Å². The molecule has 94 valence electrons. The van der Waals surface area contributed by atoms with Gasteiger partial charge in [-0.2, -0.15) is 0 Å². The zero-order valence-electron chi connectivity index (χ0n) is 9.95. The van der Waals surface area contributed by atoms with Gasteiger partial charge in [0.05, 0.1) is 11.4 Å². The summed E-state index contributed by atoms with van der Waals surface area (Å²) in [6.07, 6.45) is 4.57. The van der Waals surface area contributed by atoms with E-state index < -0.39 is 0 Å². The fourth-order valence-corrected chi connectivity index (χ4v) is 2.47. The van der Waals surface area contributed by atoms with E-state index in [4.69, 9.17) is 11.6 Å². The Balaban J connectivity index is 1.94. The Hall–Kier alpha value is -1.000. The lowest BCUT2D eigenvalue weighted by Gasteiger charge is -2.10. The molecule has 0 radical (unpaired) electrons. The number of hydrogen-bond acceptors (Lipinski definition) is 2. The number of aryl methyl sites for hydroxylation is 1. The Morgan fingerprint density at radius 3 is 2.94 bits per heavy atom. The summed E-state index contributed by atoms with van der Waals surface area (Å²) in [5.41, 5.74) is 1.97. The van der Waals surface area contributed by atoms with E-state index >= 15 is 0 Å². The van der Waals surface area contributed by atoms with Gasteiger partial charge in [0, 0.05) is 21.7 Å². The summed E-state index contributed by atoms with van der Waals surface area (Å²) < 4.78 is 3.19. The van der Waals surface area contributed by atoms with Crippen LogP contribution in [0.3, 0.4) is 0 Å². The summed E-state index contributed by atoms with van der Waals surface area (Å²) in [4.78, 5) is 4.53. The van der Waals surface area contributed by atoms with Crippen LogP contribution in [0.15, 0.2) is 28.9 Å². The van der Waals surface area contributed by atoms with E-state index in [0.717, 1.165) is 21.8 Å². The van der Waals surface area contributed by atoms with E-state index in [-0.39, 0.29) is 0 Å². The molecule has 0 unspecified atom stereocenters. The average Bonchev–Trinajstić information content (AvgIpc) is 3.09. The number of imidazole rings is 1. The number of nitrogens with zero attached hydrogens (tertiary/aromatic N) is 2. The van der Waals surface area contributed by atoms with Crippen LogP contribution < -0.4 is 5.32 Å². The first-order valence-corrected chi connectivity index (χ1v) is 7.08. The van der Waals surface area contributed by atoms with E-state index in [2.05, 4.69) is 37.0 Å². The average molecular weight is 327 g/mol. The molecule has 1 saturated carbocycles. The van der Waals surface area contributed by atoms with Gasteiger partial charge in [0.2, 0.25) is 5.95 Å². The Kier molecular flexibility index (Phi) is 3.08. The van der Waals surface area contributed by atoms with Gasteiger partial charge in [-0.3, -0.25) is 0 Å². The van der Waals surface area contributed by atoms with Crippen LogP contribution >= 0.6 is 27.5 Å². The molecule has 1 aromatic carbocycles. The lowest BCUT2D eigenvalue weighted by molar-refractivity contribution is 0.750. The van der Waals surface area contributed by atoms with Crippen molar-refractivity contribution in [1.29, 1.82) is 0 Å². The predicted octanol–water partition coefficient (Wildman–Crippen LogP) is 4.69. The van der Waals surface area contributed by atoms with Crippen molar-refractivity contribution < 1.29 is 0 Å². The molecule has 1 heterocycles. The second-order valence-electron chi connectivity index (χ2n) is 4.59. The van der Waals surface area contributed by atoms with Crippen LogP contribution in [0.25, 0.3) is 0 Å². The zero-order valence-corrected chi connectivity index (χ0v) is 12.3. The van der Waals surface area contributed by atoms with Gasteiger partial charge >= 0.3 is 0 Å². The number of halogens is 2. The molecule has 1 aliphatic carbocycles. The quantitative estimate of drug-likeness (QED) is 0.887. The molecule has 0 saturated heterocycles. The lowest BCUT2D eigenvalue weighted by Crippen LogP contribution is -2.01. The smallest absolute Gasteiger partial charge is 0.207 e. The third-order valence-electron chi connectivity index (χ3n) is 2.97. The standard InChI is InChI=1S/C13H13BrClN3/c1-8-7-18(10-3-4-10)13(16-8)17-12-6-9(15)2-5-11(12)14/h2,5-7,10H,3-4H2,1H3,(H,16,17). The summed E-state index contributed by atoms with van der Waals surface area (Å²) >= 11 is 9.53. The summed E-state index contributed by atoms with van der Waals surface area (Å²) in [6, 6.07) is 6.29. The fourth-order valence-electron chi connectivity index (χ4n) is 1.95. The predicted molar refractivity (Wildman–Crippen MR) is 77.7 cm³/mol. The highest BCUT2D eigenvalue weighted by molar-refractivity contribution is 9.10. The Morgan fingerprint density at radius 1 is 1.44 bits per heavy atom. The zero-order chi connectivity index (χ0) is 12.7. The molecule has 0 aliphatic heterocycles. The van der Waals surface area contributed by atoms with Gasteiger partial charge in [-0.25, -0.2) is 4.98 Å². The molecule has 1 fully saturated rings. The highest BCUT2D eigenvalue weighted by atomic mass is 79.9. The third kappa shape index (κ3) is 2.40. The van der Waals surface area contributed by atoms with Crippen molar-refractivity contribution in [2.75, 3.05) is 5.32 Å². The first-order chi connectivity index (χ1) is 8.63. The van der Waals surface area contributed by atoms with Crippen LogP contribution in [0, 0.1) is 6.92 Å². The second kappa shape index (κ2) is 4.59. The van der Waals surface area contributed by atoms with Gasteiger partial charge < -0.3 is 9.88 Å². The van der Waals surface area contributed by atoms with Crippen LogP contribution in [0.5, 0.6) is 0 Å². The monoisotopic (exact) mass is 325 g/mol. The summed E-state index contributed by atoms with van der Waals surface area (Å²) in [5.74, 6) is 0.887. The van der Waals surface area contributed by atoms with E-state index in [1.807, 2.05) is 25.1 Å². The number of benzene rings is 1. The van der Waals surface area contributed by atoms with Crippen molar-refractivity contribution in [1.82, 2.24) is 9.55 Å². The molecular formula is C13H13BrClN3. The molecule has 1 aromatic heterocycles. The van der Waals surface area contributed by atoms with Crippen molar-refractivity contribution in [3.8, 4) is 0 Å². The molecular weight excluding hydrogens is 314 g/mol. The van der Waals surface area contributed by atoms with Crippen molar-refractivity contribution in [3.05, 3.63) is 39.6 Å².